The number of benzene rings is 2. The highest BCUT2D eigenvalue weighted by molar-refractivity contribution is 7.62. The van der Waals surface area contributed by atoms with Gasteiger partial charge in [0.2, 0.25) is 7.37 Å². The number of carboxylic acids is 1. The van der Waals surface area contributed by atoms with Crippen molar-refractivity contribution < 1.29 is 28.5 Å². The number of hydrogen-bond acceptors (Lipinski definition) is 6. The quantitative estimate of drug-likeness (QED) is 0.340. The molecule has 0 aliphatic carbocycles. The molecule has 1 heterocycles. The van der Waals surface area contributed by atoms with Crippen LogP contribution in [-0.2, 0) is 13.9 Å². The fourth-order valence-corrected chi connectivity index (χ4v) is 5.06. The van der Waals surface area contributed by atoms with Gasteiger partial charge in [-0.1, -0.05) is 44.2 Å². The van der Waals surface area contributed by atoms with Gasteiger partial charge in [0, 0.05) is 29.6 Å². The van der Waals surface area contributed by atoms with Crippen molar-refractivity contribution in [2.45, 2.75) is 32.3 Å². The van der Waals surface area contributed by atoms with Crippen LogP contribution in [0.1, 0.15) is 37.4 Å². The number of aliphatic hydroxyl groups is 1. The third-order valence-electron chi connectivity index (χ3n) is 5.32. The summed E-state index contributed by atoms with van der Waals surface area (Å²) in [7, 11) is -2.28. The van der Waals surface area contributed by atoms with Crippen LogP contribution in [0.2, 0.25) is 0 Å². The molecule has 3 rings (SSSR count). The maximum atomic E-state index is 13.7. The van der Waals surface area contributed by atoms with E-state index in [1.165, 1.54) is 25.1 Å². The summed E-state index contributed by atoms with van der Waals surface area (Å²) in [6.45, 7) is 3.94. The Hall–Kier alpha value is -3.19. The second-order valence-electron chi connectivity index (χ2n) is 8.38. The van der Waals surface area contributed by atoms with Crippen LogP contribution in [0.15, 0.2) is 60.4 Å². The first-order valence-corrected chi connectivity index (χ1v) is 13.0. The van der Waals surface area contributed by atoms with E-state index >= 15 is 0 Å². The molecule has 2 N–H and O–H groups in total. The fraction of sp³-hybridized carbons (Fsp3) is 0.269. The number of halogens is 1. The molecule has 3 aromatic rings. The van der Waals surface area contributed by atoms with Gasteiger partial charge in [0.25, 0.3) is 0 Å². The van der Waals surface area contributed by atoms with Gasteiger partial charge >= 0.3 is 5.97 Å². The second kappa shape index (κ2) is 11.5. The first-order valence-electron chi connectivity index (χ1n) is 11.1. The summed E-state index contributed by atoms with van der Waals surface area (Å²) in [5.74, 6) is 0.215. The zero-order valence-electron chi connectivity index (χ0n) is 19.8. The first-order chi connectivity index (χ1) is 16.6. The summed E-state index contributed by atoms with van der Waals surface area (Å²) in [5.41, 5.74) is 3.24. The van der Waals surface area contributed by atoms with Gasteiger partial charge in [-0.15, -0.1) is 0 Å². The summed E-state index contributed by atoms with van der Waals surface area (Å²) in [6.07, 6.45) is -0.645. The van der Waals surface area contributed by atoms with Crippen LogP contribution < -0.4 is 0 Å². The summed E-state index contributed by atoms with van der Waals surface area (Å²) >= 11 is 0. The molecule has 0 saturated carbocycles. The van der Waals surface area contributed by atoms with Crippen LogP contribution in [0.4, 0.5) is 4.39 Å². The highest BCUT2D eigenvalue weighted by Crippen LogP contribution is 2.49. The monoisotopic (exact) mass is 498 g/mol. The predicted molar refractivity (Wildman–Crippen MR) is 134 cm³/mol. The number of carboxylic acid groups (broad SMARTS) is 1. The van der Waals surface area contributed by atoms with Gasteiger partial charge in [-0.05, 0) is 36.3 Å². The number of aliphatic hydroxyl groups excluding tert-OH is 1. The van der Waals surface area contributed by atoms with E-state index in [2.05, 4.69) is 0 Å². The fourth-order valence-electron chi connectivity index (χ4n) is 3.58. The van der Waals surface area contributed by atoms with Crippen LogP contribution in [0.25, 0.3) is 28.7 Å². The summed E-state index contributed by atoms with van der Waals surface area (Å²) < 4.78 is 32.1. The van der Waals surface area contributed by atoms with Gasteiger partial charge in [0.05, 0.1) is 30.1 Å². The van der Waals surface area contributed by atoms with Gasteiger partial charge in [0.1, 0.15) is 5.82 Å². The Morgan fingerprint density at radius 3 is 2.31 bits per heavy atom. The molecule has 0 spiro atoms. The molecule has 1 aromatic heterocycles. The minimum Gasteiger partial charge on any atom is -0.481 e. The highest BCUT2D eigenvalue weighted by atomic mass is 31.2. The van der Waals surface area contributed by atoms with Crippen LogP contribution >= 0.6 is 7.37 Å². The lowest BCUT2D eigenvalue weighted by Crippen LogP contribution is -2.17. The highest BCUT2D eigenvalue weighted by Gasteiger charge is 2.25. The van der Waals surface area contributed by atoms with Gasteiger partial charge in [0.15, 0.2) is 5.82 Å². The van der Waals surface area contributed by atoms with E-state index in [9.17, 15) is 18.9 Å². The summed E-state index contributed by atoms with van der Waals surface area (Å²) in [6, 6.07) is 15.4. The van der Waals surface area contributed by atoms with Gasteiger partial charge in [-0.3, -0.25) is 9.36 Å². The largest absolute Gasteiger partial charge is 0.481 e. The molecule has 2 atom stereocenters. The van der Waals surface area contributed by atoms with Crippen LogP contribution in [0.5, 0.6) is 0 Å². The smallest absolute Gasteiger partial charge is 0.305 e. The topological polar surface area (TPSA) is 110 Å². The molecule has 2 unspecified atom stereocenters. The zero-order valence-corrected chi connectivity index (χ0v) is 20.7. The number of aromatic nitrogens is 2. The summed E-state index contributed by atoms with van der Waals surface area (Å²) in [5, 5.41) is 18.9. The maximum Gasteiger partial charge on any atom is 0.305 e. The van der Waals surface area contributed by atoms with Crippen LogP contribution in [-0.4, -0.2) is 45.5 Å². The first kappa shape index (κ1) is 26.4. The number of carbonyl (C=O) groups is 1. The molecule has 0 bridgehead atoms. The molecule has 0 aliphatic rings. The van der Waals surface area contributed by atoms with Crippen molar-refractivity contribution in [2.24, 2.45) is 0 Å². The van der Waals surface area contributed by atoms with Gasteiger partial charge in [-0.25, -0.2) is 14.4 Å². The third kappa shape index (κ3) is 6.92. The predicted octanol–water partition coefficient (Wildman–Crippen LogP) is 5.80. The molecule has 7 nitrogen and oxygen atoms in total. The zero-order chi connectivity index (χ0) is 25.6. The van der Waals surface area contributed by atoms with E-state index in [0.29, 0.717) is 28.3 Å². The molecule has 2 aromatic carbocycles. The average Bonchev–Trinajstić information content (AvgIpc) is 2.82. The lowest BCUT2D eigenvalue weighted by molar-refractivity contribution is -0.138. The van der Waals surface area contributed by atoms with Crippen LogP contribution in [0, 0.1) is 5.82 Å². The lowest BCUT2D eigenvalue weighted by Gasteiger charge is -2.18. The minimum absolute atomic E-state index is 0.0427. The number of aliphatic carboxylic acids is 1. The molecule has 35 heavy (non-hydrogen) atoms. The Labute approximate surface area is 203 Å². The van der Waals surface area contributed by atoms with Crippen molar-refractivity contribution in [3.63, 3.8) is 0 Å². The Balaban J connectivity index is 2.17. The van der Waals surface area contributed by atoms with E-state index in [1.54, 1.807) is 18.2 Å². The number of rotatable bonds is 10. The molecule has 0 aliphatic heterocycles. The van der Waals surface area contributed by atoms with Crippen molar-refractivity contribution in [3.05, 3.63) is 77.5 Å². The van der Waals surface area contributed by atoms with Gasteiger partial charge in [-0.2, -0.15) is 0 Å². The number of hydrogen-bond donors (Lipinski definition) is 2. The molecule has 0 amide bonds. The molecular weight excluding hydrogens is 470 g/mol. The van der Waals surface area contributed by atoms with E-state index in [4.69, 9.17) is 19.6 Å². The Bertz CT molecular complexity index is 1250. The number of nitrogens with zero attached hydrogens (tertiary/aromatic N) is 2. The Morgan fingerprint density at radius 2 is 1.74 bits per heavy atom. The molecule has 0 saturated heterocycles. The Kier molecular flexibility index (Phi) is 8.67. The summed E-state index contributed by atoms with van der Waals surface area (Å²) in [4.78, 5) is 20.5. The Morgan fingerprint density at radius 1 is 1.09 bits per heavy atom. The van der Waals surface area contributed by atoms with E-state index in [-0.39, 0.29) is 17.9 Å². The van der Waals surface area contributed by atoms with E-state index in [1.807, 2.05) is 44.2 Å². The second-order valence-corrected chi connectivity index (χ2v) is 10.9. The SMILES string of the molecule is COP(=O)(C=Cc1c(-c2ccc(F)cc2)nc(-c2ccccc2)nc1C(C)C)CC(O)CC(=O)O. The van der Waals surface area contributed by atoms with Crippen molar-refractivity contribution in [1.29, 1.82) is 0 Å². The lowest BCUT2D eigenvalue weighted by atomic mass is 9.98. The van der Waals surface area contributed by atoms with Crippen molar-refractivity contribution in [3.8, 4) is 22.6 Å². The van der Waals surface area contributed by atoms with E-state index < -0.39 is 25.9 Å². The van der Waals surface area contributed by atoms with Crippen LogP contribution in [0.3, 0.4) is 0 Å². The van der Waals surface area contributed by atoms with Crippen molar-refractivity contribution >= 4 is 19.4 Å². The minimum atomic E-state index is -3.53. The standard InChI is InChI=1S/C26H28FN2O5P/c1-17(2)24-22(13-14-35(33,34-3)16-21(30)15-23(31)32)25(18-9-11-20(27)12-10-18)29-26(28-24)19-7-5-4-6-8-19/h4-14,17,21,30H,15-16H2,1-3H3,(H,31,32). The maximum absolute atomic E-state index is 13.7. The van der Waals surface area contributed by atoms with E-state index in [0.717, 1.165) is 5.56 Å². The molecule has 184 valence electrons. The third-order valence-corrected chi connectivity index (χ3v) is 7.48. The van der Waals surface area contributed by atoms with Crippen molar-refractivity contribution in [2.75, 3.05) is 13.3 Å². The molecule has 9 heteroatoms. The van der Waals surface area contributed by atoms with Gasteiger partial charge < -0.3 is 14.7 Å². The van der Waals surface area contributed by atoms with Crippen molar-refractivity contribution in [1.82, 2.24) is 9.97 Å². The normalized spacial score (nSPS) is 14.2. The molecular formula is C26H28FN2O5P. The average molecular weight is 498 g/mol. The molecule has 0 fully saturated rings. The molecule has 0 radical (unpaired) electrons.